The van der Waals surface area contributed by atoms with Gasteiger partial charge in [0.15, 0.2) is 0 Å². The van der Waals surface area contributed by atoms with Crippen LogP contribution >= 0.6 is 0 Å². The number of hydrogen-bond acceptors (Lipinski definition) is 3. The second-order valence-electron chi connectivity index (χ2n) is 8.57. The summed E-state index contributed by atoms with van der Waals surface area (Å²) in [5.41, 5.74) is -0.649. The maximum absolute atomic E-state index is 12.9. The molecule has 2 saturated heterocycles. The second kappa shape index (κ2) is 8.88. The fourth-order valence-corrected chi connectivity index (χ4v) is 4.75. The fourth-order valence-electron chi connectivity index (χ4n) is 4.75. The van der Waals surface area contributed by atoms with Crippen molar-refractivity contribution in [1.29, 1.82) is 0 Å². The van der Waals surface area contributed by atoms with Gasteiger partial charge < -0.3 is 10.2 Å². The first kappa shape index (κ1) is 22.8. The van der Waals surface area contributed by atoms with Crippen LogP contribution in [0.15, 0.2) is 54.6 Å². The molecule has 2 aliphatic rings. The molecule has 1 unspecified atom stereocenters. The molecule has 0 saturated carbocycles. The Labute approximate surface area is 189 Å². The molecular weight excluding hydrogens is 435 g/mol. The summed E-state index contributed by atoms with van der Waals surface area (Å²) in [6, 6.07) is 13.7. The number of nitrogens with zero attached hydrogens (tertiary/aromatic N) is 1. The number of carbonyl (C=O) groups excluding carboxylic acids is 3. The Hall–Kier alpha value is -3.36. The summed E-state index contributed by atoms with van der Waals surface area (Å²) in [5, 5.41) is 5.18. The first-order valence-corrected chi connectivity index (χ1v) is 10.8. The van der Waals surface area contributed by atoms with Gasteiger partial charge in [0.2, 0.25) is 5.91 Å². The van der Waals surface area contributed by atoms with Gasteiger partial charge in [-0.15, -0.1) is 0 Å². The Morgan fingerprint density at radius 2 is 1.67 bits per heavy atom. The standard InChI is InChI=1S/C24H24F3N3O3/c25-24(26,27)19-8-4-7-17(13-19)14-20(31)30-11-9-18(10-12-30)23(21(32)28-22(33)29-23)15-16-5-2-1-3-6-16/h1-8,13,18H,9-12,14-15H2,(H2,28,29,32,33). The van der Waals surface area contributed by atoms with E-state index < -0.39 is 23.3 Å². The van der Waals surface area contributed by atoms with Gasteiger partial charge in [0.25, 0.3) is 5.91 Å². The van der Waals surface area contributed by atoms with Crippen molar-refractivity contribution in [2.75, 3.05) is 13.1 Å². The predicted octanol–water partition coefficient (Wildman–Crippen LogP) is 3.31. The number of likely N-dealkylation sites (tertiary alicyclic amines) is 1. The van der Waals surface area contributed by atoms with Crippen LogP contribution in [0.2, 0.25) is 0 Å². The highest BCUT2D eigenvalue weighted by atomic mass is 19.4. The fraction of sp³-hybridized carbons (Fsp3) is 0.375. The molecule has 174 valence electrons. The third-order valence-electron chi connectivity index (χ3n) is 6.45. The SMILES string of the molecule is O=C1NC(=O)C(Cc2ccccc2)(C2CCN(C(=O)Cc3cccc(C(F)(F)F)c3)CC2)N1. The minimum atomic E-state index is -4.46. The Morgan fingerprint density at radius 3 is 2.27 bits per heavy atom. The summed E-state index contributed by atoms with van der Waals surface area (Å²) < 4.78 is 38.8. The van der Waals surface area contributed by atoms with Crippen LogP contribution in [-0.4, -0.2) is 41.4 Å². The van der Waals surface area contributed by atoms with Crippen LogP contribution in [0.4, 0.5) is 18.0 Å². The number of hydrogen-bond donors (Lipinski definition) is 2. The summed E-state index contributed by atoms with van der Waals surface area (Å²) in [5.74, 6) is -0.809. The number of rotatable bonds is 5. The number of imide groups is 1. The monoisotopic (exact) mass is 459 g/mol. The van der Waals surface area contributed by atoms with E-state index in [9.17, 15) is 27.6 Å². The van der Waals surface area contributed by atoms with Crippen molar-refractivity contribution >= 4 is 17.8 Å². The van der Waals surface area contributed by atoms with Crippen LogP contribution in [0.1, 0.15) is 29.5 Å². The Bertz CT molecular complexity index is 1050. The van der Waals surface area contributed by atoms with Crippen LogP contribution in [0.5, 0.6) is 0 Å². The summed E-state index contributed by atoms with van der Waals surface area (Å²) in [7, 11) is 0. The van der Waals surface area contributed by atoms with Crippen molar-refractivity contribution in [3.63, 3.8) is 0 Å². The number of nitrogens with one attached hydrogen (secondary N) is 2. The number of halogens is 3. The molecule has 2 aromatic rings. The number of urea groups is 1. The molecule has 4 rings (SSSR count). The normalized spacial score (nSPS) is 21.6. The Morgan fingerprint density at radius 1 is 1.00 bits per heavy atom. The van der Waals surface area contributed by atoms with Gasteiger partial charge in [-0.1, -0.05) is 48.5 Å². The number of benzene rings is 2. The van der Waals surface area contributed by atoms with Crippen LogP contribution in [0.3, 0.4) is 0 Å². The minimum absolute atomic E-state index is 0.124. The van der Waals surface area contributed by atoms with Gasteiger partial charge in [-0.2, -0.15) is 13.2 Å². The van der Waals surface area contributed by atoms with Gasteiger partial charge in [0.1, 0.15) is 5.54 Å². The first-order chi connectivity index (χ1) is 15.7. The van der Waals surface area contributed by atoms with E-state index in [2.05, 4.69) is 10.6 Å². The average molecular weight is 459 g/mol. The van der Waals surface area contributed by atoms with E-state index in [0.717, 1.165) is 17.7 Å². The summed E-state index contributed by atoms with van der Waals surface area (Å²) in [6.45, 7) is 0.726. The van der Waals surface area contributed by atoms with Crippen LogP contribution in [-0.2, 0) is 28.6 Å². The third-order valence-corrected chi connectivity index (χ3v) is 6.45. The lowest BCUT2D eigenvalue weighted by molar-refractivity contribution is -0.138. The summed E-state index contributed by atoms with van der Waals surface area (Å²) >= 11 is 0. The van der Waals surface area contributed by atoms with Crippen molar-refractivity contribution < 1.29 is 27.6 Å². The number of alkyl halides is 3. The van der Waals surface area contributed by atoms with Crippen LogP contribution < -0.4 is 10.6 Å². The van der Waals surface area contributed by atoms with Gasteiger partial charge in [-0.3, -0.25) is 14.9 Å². The lowest BCUT2D eigenvalue weighted by Gasteiger charge is -2.40. The summed E-state index contributed by atoms with van der Waals surface area (Å²) in [4.78, 5) is 39.2. The van der Waals surface area contributed by atoms with Gasteiger partial charge in [0, 0.05) is 19.5 Å². The van der Waals surface area contributed by atoms with E-state index in [1.54, 1.807) is 4.90 Å². The maximum atomic E-state index is 12.9. The maximum Gasteiger partial charge on any atom is 0.416 e. The molecule has 0 spiro atoms. The summed E-state index contributed by atoms with van der Waals surface area (Å²) in [6.07, 6.45) is -3.25. The molecule has 4 amide bonds. The van der Waals surface area contributed by atoms with Crippen LogP contribution in [0, 0.1) is 5.92 Å². The molecule has 2 aromatic carbocycles. The molecule has 0 aromatic heterocycles. The van der Waals surface area contributed by atoms with Gasteiger partial charge >= 0.3 is 12.2 Å². The van der Waals surface area contributed by atoms with Gasteiger partial charge in [0.05, 0.1) is 12.0 Å². The highest BCUT2D eigenvalue weighted by Crippen LogP contribution is 2.34. The molecule has 2 fully saturated rings. The molecule has 0 radical (unpaired) electrons. The third kappa shape index (κ3) is 4.86. The molecule has 33 heavy (non-hydrogen) atoms. The zero-order valence-corrected chi connectivity index (χ0v) is 17.8. The first-order valence-electron chi connectivity index (χ1n) is 10.8. The van der Waals surface area contributed by atoms with E-state index in [0.29, 0.717) is 37.9 Å². The molecule has 2 aliphatic heterocycles. The highest BCUT2D eigenvalue weighted by Gasteiger charge is 2.52. The zero-order chi connectivity index (χ0) is 23.6. The smallest absolute Gasteiger partial charge is 0.342 e. The topological polar surface area (TPSA) is 78.5 Å². The molecule has 9 heteroatoms. The van der Waals surface area contributed by atoms with E-state index in [1.807, 2.05) is 30.3 Å². The molecule has 0 aliphatic carbocycles. The van der Waals surface area contributed by atoms with Crippen molar-refractivity contribution in [2.24, 2.45) is 5.92 Å². The lowest BCUT2D eigenvalue weighted by Crippen LogP contribution is -2.58. The highest BCUT2D eigenvalue weighted by molar-refractivity contribution is 6.07. The van der Waals surface area contributed by atoms with Crippen LogP contribution in [0.25, 0.3) is 0 Å². The molecule has 2 heterocycles. The minimum Gasteiger partial charge on any atom is -0.342 e. The Kier molecular flexibility index (Phi) is 6.14. The average Bonchev–Trinajstić information content (AvgIpc) is 3.07. The largest absolute Gasteiger partial charge is 0.416 e. The molecular formula is C24H24F3N3O3. The van der Waals surface area contributed by atoms with Crippen molar-refractivity contribution in [1.82, 2.24) is 15.5 Å². The predicted molar refractivity (Wildman–Crippen MR) is 114 cm³/mol. The number of amides is 4. The number of piperidine rings is 1. The molecule has 0 bridgehead atoms. The molecule has 6 nitrogen and oxygen atoms in total. The van der Waals surface area contributed by atoms with E-state index in [4.69, 9.17) is 0 Å². The van der Waals surface area contributed by atoms with Crippen molar-refractivity contribution in [3.05, 3.63) is 71.3 Å². The number of carbonyl (C=O) groups is 3. The van der Waals surface area contributed by atoms with Gasteiger partial charge in [-0.25, -0.2) is 4.79 Å². The van der Waals surface area contributed by atoms with Crippen molar-refractivity contribution in [2.45, 2.75) is 37.4 Å². The Balaban J connectivity index is 1.43. The molecule has 2 N–H and O–H groups in total. The van der Waals surface area contributed by atoms with E-state index >= 15 is 0 Å². The second-order valence-corrected chi connectivity index (χ2v) is 8.57. The zero-order valence-electron chi connectivity index (χ0n) is 17.8. The van der Waals surface area contributed by atoms with Crippen molar-refractivity contribution in [3.8, 4) is 0 Å². The lowest BCUT2D eigenvalue weighted by atomic mass is 9.74. The van der Waals surface area contributed by atoms with E-state index in [-0.39, 0.29) is 24.2 Å². The van der Waals surface area contributed by atoms with E-state index in [1.165, 1.54) is 12.1 Å². The van der Waals surface area contributed by atoms with Gasteiger partial charge in [-0.05, 0) is 36.0 Å². The quantitative estimate of drug-likeness (QED) is 0.674. The molecule has 1 atom stereocenters.